The Morgan fingerprint density at radius 1 is 1.42 bits per heavy atom. The lowest BCUT2D eigenvalue weighted by Gasteiger charge is -2.16. The zero-order valence-electron chi connectivity index (χ0n) is 11.7. The van der Waals surface area contributed by atoms with Crippen molar-refractivity contribution in [3.63, 3.8) is 0 Å². The monoisotopic (exact) mass is 283 g/mol. The standard InChI is InChI=1S/C14H22ClN3O/c1-9(2)6-10(3)17-8-12-5-4-11(7-13(12)15)14(16)18-19/h4-5,7,9-10,17,19H,6,8H2,1-3H3,(H2,16,18). The fraction of sp³-hybridized carbons (Fsp3) is 0.500. The molecule has 0 spiro atoms. The smallest absolute Gasteiger partial charge is 0.170 e. The molecule has 4 nitrogen and oxygen atoms in total. The van der Waals surface area contributed by atoms with Crippen LogP contribution in [0.15, 0.2) is 23.4 Å². The second-order valence-corrected chi connectivity index (χ2v) is 5.61. The van der Waals surface area contributed by atoms with Gasteiger partial charge in [-0.1, -0.05) is 42.7 Å². The number of hydrogen-bond donors (Lipinski definition) is 3. The van der Waals surface area contributed by atoms with Gasteiger partial charge in [-0.3, -0.25) is 0 Å². The van der Waals surface area contributed by atoms with Crippen molar-refractivity contribution in [1.82, 2.24) is 5.32 Å². The van der Waals surface area contributed by atoms with Crippen molar-refractivity contribution in [2.24, 2.45) is 16.8 Å². The number of amidine groups is 1. The van der Waals surface area contributed by atoms with Crippen LogP contribution in [0.4, 0.5) is 0 Å². The molecule has 1 aromatic rings. The zero-order valence-corrected chi connectivity index (χ0v) is 12.4. The molecule has 0 radical (unpaired) electrons. The van der Waals surface area contributed by atoms with E-state index in [1.165, 1.54) is 0 Å². The molecular formula is C14H22ClN3O. The number of hydrogen-bond acceptors (Lipinski definition) is 3. The minimum atomic E-state index is 0.0644. The highest BCUT2D eigenvalue weighted by atomic mass is 35.5. The Hall–Kier alpha value is -1.26. The van der Waals surface area contributed by atoms with E-state index in [0.717, 1.165) is 12.0 Å². The molecule has 0 saturated carbocycles. The zero-order chi connectivity index (χ0) is 14.4. The molecule has 1 rings (SSSR count). The summed E-state index contributed by atoms with van der Waals surface area (Å²) in [6, 6.07) is 5.84. The van der Waals surface area contributed by atoms with Crippen LogP contribution in [-0.2, 0) is 6.54 Å². The Morgan fingerprint density at radius 3 is 2.63 bits per heavy atom. The van der Waals surface area contributed by atoms with Crippen molar-refractivity contribution in [1.29, 1.82) is 0 Å². The SMILES string of the molecule is CC(C)CC(C)NCc1ccc(/C(N)=N/O)cc1Cl. The maximum atomic E-state index is 8.62. The van der Waals surface area contributed by atoms with Gasteiger partial charge in [0.05, 0.1) is 0 Å². The largest absolute Gasteiger partial charge is 0.409 e. The number of nitrogens with zero attached hydrogens (tertiary/aromatic N) is 1. The molecule has 0 amide bonds. The highest BCUT2D eigenvalue weighted by molar-refractivity contribution is 6.31. The Kier molecular flexibility index (Phi) is 6.12. The minimum Gasteiger partial charge on any atom is -0.409 e. The summed E-state index contributed by atoms with van der Waals surface area (Å²) < 4.78 is 0. The van der Waals surface area contributed by atoms with E-state index in [1.807, 2.05) is 6.07 Å². The average Bonchev–Trinajstić information content (AvgIpc) is 2.35. The van der Waals surface area contributed by atoms with E-state index >= 15 is 0 Å². The minimum absolute atomic E-state index is 0.0644. The number of rotatable bonds is 6. The first-order valence-electron chi connectivity index (χ1n) is 6.43. The molecule has 1 unspecified atom stereocenters. The van der Waals surface area contributed by atoms with E-state index in [9.17, 15) is 0 Å². The molecule has 0 fully saturated rings. The number of nitrogens with one attached hydrogen (secondary N) is 1. The van der Waals surface area contributed by atoms with Gasteiger partial charge in [0, 0.05) is 23.2 Å². The van der Waals surface area contributed by atoms with Gasteiger partial charge >= 0.3 is 0 Å². The lowest BCUT2D eigenvalue weighted by Crippen LogP contribution is -2.27. The number of oxime groups is 1. The van der Waals surface area contributed by atoms with Gasteiger partial charge in [0.15, 0.2) is 5.84 Å². The van der Waals surface area contributed by atoms with E-state index in [2.05, 4.69) is 31.2 Å². The first-order chi connectivity index (χ1) is 8.93. The topological polar surface area (TPSA) is 70.6 Å². The molecule has 0 bridgehead atoms. The molecule has 0 aliphatic carbocycles. The molecule has 19 heavy (non-hydrogen) atoms. The summed E-state index contributed by atoms with van der Waals surface area (Å²) in [6.07, 6.45) is 1.12. The van der Waals surface area contributed by atoms with E-state index in [4.69, 9.17) is 22.5 Å². The van der Waals surface area contributed by atoms with Crippen LogP contribution in [0.2, 0.25) is 5.02 Å². The molecule has 0 heterocycles. The van der Waals surface area contributed by atoms with E-state index in [1.54, 1.807) is 12.1 Å². The van der Waals surface area contributed by atoms with Gasteiger partial charge in [-0.25, -0.2) is 0 Å². The van der Waals surface area contributed by atoms with E-state index in [0.29, 0.717) is 29.1 Å². The second kappa shape index (κ2) is 7.36. The van der Waals surface area contributed by atoms with Gasteiger partial charge in [-0.05, 0) is 30.9 Å². The van der Waals surface area contributed by atoms with Crippen LogP contribution in [-0.4, -0.2) is 17.1 Å². The summed E-state index contributed by atoms with van der Waals surface area (Å²) >= 11 is 6.19. The normalized spacial score (nSPS) is 13.8. The van der Waals surface area contributed by atoms with Gasteiger partial charge in [0.2, 0.25) is 0 Å². The lowest BCUT2D eigenvalue weighted by atomic mass is 10.0. The highest BCUT2D eigenvalue weighted by Crippen LogP contribution is 2.18. The van der Waals surface area contributed by atoms with Gasteiger partial charge in [0.1, 0.15) is 0 Å². The van der Waals surface area contributed by atoms with Crippen LogP contribution in [0.25, 0.3) is 0 Å². The van der Waals surface area contributed by atoms with Crippen LogP contribution in [0, 0.1) is 5.92 Å². The second-order valence-electron chi connectivity index (χ2n) is 5.20. The van der Waals surface area contributed by atoms with Gasteiger partial charge in [-0.15, -0.1) is 0 Å². The predicted octanol–water partition coefficient (Wildman–Crippen LogP) is 2.96. The Bertz CT molecular complexity index is 446. The molecule has 4 N–H and O–H groups in total. The van der Waals surface area contributed by atoms with Crippen molar-refractivity contribution >= 4 is 17.4 Å². The molecule has 5 heteroatoms. The van der Waals surface area contributed by atoms with Gasteiger partial charge in [-0.2, -0.15) is 0 Å². The summed E-state index contributed by atoms with van der Waals surface area (Å²) in [4.78, 5) is 0. The summed E-state index contributed by atoms with van der Waals surface area (Å²) in [6.45, 7) is 7.29. The van der Waals surface area contributed by atoms with Crippen LogP contribution < -0.4 is 11.1 Å². The molecular weight excluding hydrogens is 262 g/mol. The molecule has 0 saturated heterocycles. The first kappa shape index (κ1) is 15.8. The molecule has 0 aromatic heterocycles. The Labute approximate surface area is 119 Å². The summed E-state index contributed by atoms with van der Waals surface area (Å²) in [5.41, 5.74) is 7.14. The van der Waals surface area contributed by atoms with E-state index < -0.39 is 0 Å². The van der Waals surface area contributed by atoms with Crippen molar-refractivity contribution < 1.29 is 5.21 Å². The third kappa shape index (κ3) is 5.09. The van der Waals surface area contributed by atoms with Crippen LogP contribution >= 0.6 is 11.6 Å². The number of halogens is 1. The fourth-order valence-corrected chi connectivity index (χ4v) is 2.23. The number of benzene rings is 1. The van der Waals surface area contributed by atoms with Crippen LogP contribution in [0.3, 0.4) is 0 Å². The van der Waals surface area contributed by atoms with Gasteiger partial charge in [0.25, 0.3) is 0 Å². The maximum Gasteiger partial charge on any atom is 0.170 e. The average molecular weight is 284 g/mol. The predicted molar refractivity (Wildman–Crippen MR) is 79.7 cm³/mol. The molecule has 0 aliphatic rings. The van der Waals surface area contributed by atoms with Crippen molar-refractivity contribution in [3.8, 4) is 0 Å². The Balaban J connectivity index is 2.65. The first-order valence-corrected chi connectivity index (χ1v) is 6.81. The van der Waals surface area contributed by atoms with Crippen molar-refractivity contribution in [2.45, 2.75) is 39.8 Å². The highest BCUT2D eigenvalue weighted by Gasteiger charge is 2.08. The molecule has 1 aromatic carbocycles. The molecule has 0 aliphatic heterocycles. The van der Waals surface area contributed by atoms with Crippen LogP contribution in [0.5, 0.6) is 0 Å². The third-order valence-corrected chi connectivity index (χ3v) is 3.27. The number of nitrogens with two attached hydrogens (primary N) is 1. The summed E-state index contributed by atoms with van der Waals surface area (Å²) in [5, 5.41) is 15.6. The maximum absolute atomic E-state index is 8.62. The van der Waals surface area contributed by atoms with Crippen molar-refractivity contribution in [2.75, 3.05) is 0 Å². The fourth-order valence-electron chi connectivity index (χ4n) is 1.98. The van der Waals surface area contributed by atoms with Crippen molar-refractivity contribution in [3.05, 3.63) is 34.3 Å². The summed E-state index contributed by atoms with van der Waals surface area (Å²) in [7, 11) is 0. The Morgan fingerprint density at radius 2 is 2.11 bits per heavy atom. The third-order valence-electron chi connectivity index (χ3n) is 2.92. The lowest BCUT2D eigenvalue weighted by molar-refractivity contribution is 0.318. The molecule has 1 atom stereocenters. The van der Waals surface area contributed by atoms with E-state index in [-0.39, 0.29) is 5.84 Å². The van der Waals surface area contributed by atoms with Gasteiger partial charge < -0.3 is 16.3 Å². The van der Waals surface area contributed by atoms with Crippen LogP contribution in [0.1, 0.15) is 38.3 Å². The molecule has 106 valence electrons. The summed E-state index contributed by atoms with van der Waals surface area (Å²) in [5.74, 6) is 0.732. The quantitative estimate of drug-likeness (QED) is 0.325.